The smallest absolute Gasteiger partial charge is 0.279 e. The number of aryl methyl sites for hydroxylation is 1. The van der Waals surface area contributed by atoms with Crippen LogP contribution in [0.25, 0.3) is 0 Å². The summed E-state index contributed by atoms with van der Waals surface area (Å²) in [6, 6.07) is 1.81. The summed E-state index contributed by atoms with van der Waals surface area (Å²) >= 11 is 2.64. The Labute approximate surface area is 187 Å². The number of carbonyl (C=O) groups excluding carboxylic acids is 2. The Kier molecular flexibility index (Phi) is 7.29. The zero-order valence-electron chi connectivity index (χ0n) is 18.3. The summed E-state index contributed by atoms with van der Waals surface area (Å²) in [5, 5.41) is 13.8. The van der Waals surface area contributed by atoms with Gasteiger partial charge in [-0.15, -0.1) is 0 Å². The highest BCUT2D eigenvalue weighted by Crippen LogP contribution is 2.60. The number of carbonyl (C=O) groups is 2. The van der Waals surface area contributed by atoms with E-state index in [1.807, 2.05) is 26.8 Å². The molecule has 2 amide bonds. The van der Waals surface area contributed by atoms with Crippen LogP contribution in [-0.2, 0) is 9.59 Å². The van der Waals surface area contributed by atoms with Crippen molar-refractivity contribution in [3.05, 3.63) is 21.4 Å². The molecule has 2 aliphatic rings. The van der Waals surface area contributed by atoms with Crippen molar-refractivity contribution in [2.24, 2.45) is 0 Å². The number of thioether (sulfide) groups is 2. The van der Waals surface area contributed by atoms with E-state index >= 15 is 0 Å². The molecule has 1 N–H and O–H groups in total. The van der Waals surface area contributed by atoms with Crippen LogP contribution in [0.2, 0.25) is 0 Å². The van der Waals surface area contributed by atoms with Gasteiger partial charge >= 0.3 is 0 Å². The first-order chi connectivity index (χ1) is 14.3. The van der Waals surface area contributed by atoms with Crippen molar-refractivity contribution < 1.29 is 19.4 Å². The van der Waals surface area contributed by atoms with Gasteiger partial charge in [0.15, 0.2) is 0 Å². The van der Waals surface area contributed by atoms with Crippen molar-refractivity contribution in [2.45, 2.75) is 76.2 Å². The lowest BCUT2D eigenvalue weighted by atomic mass is 10.2. The summed E-state index contributed by atoms with van der Waals surface area (Å²) in [5.74, 6) is 0.370. The fourth-order valence-corrected chi connectivity index (χ4v) is 6.06. The SMILES string of the molecule is CCCCN1C(=O)C(=C2Sc3c(OC(C)C)cc(C)c(O)c3S2)C(=O)N1CCCC. The van der Waals surface area contributed by atoms with E-state index in [9.17, 15) is 14.7 Å². The predicted octanol–water partition coefficient (Wildman–Crippen LogP) is 5.08. The van der Waals surface area contributed by atoms with E-state index in [0.717, 1.165) is 30.6 Å². The van der Waals surface area contributed by atoms with Crippen LogP contribution in [0.5, 0.6) is 11.5 Å². The number of amides is 2. The fraction of sp³-hybridized carbons (Fsp3) is 0.545. The van der Waals surface area contributed by atoms with Gasteiger partial charge in [-0.05, 0) is 45.2 Å². The van der Waals surface area contributed by atoms with E-state index in [1.165, 1.54) is 23.5 Å². The number of aromatic hydroxyl groups is 1. The van der Waals surface area contributed by atoms with Gasteiger partial charge in [0, 0.05) is 13.1 Å². The maximum Gasteiger partial charge on any atom is 0.279 e. The average molecular weight is 451 g/mol. The normalized spacial score (nSPS) is 16.3. The molecule has 0 unspecified atom stereocenters. The first kappa shape index (κ1) is 22.9. The van der Waals surface area contributed by atoms with Gasteiger partial charge in [-0.2, -0.15) is 0 Å². The second-order valence-corrected chi connectivity index (χ2v) is 10.1. The molecule has 1 aromatic rings. The Morgan fingerprint density at radius 1 is 1.00 bits per heavy atom. The lowest BCUT2D eigenvalue weighted by Crippen LogP contribution is -2.42. The van der Waals surface area contributed by atoms with E-state index in [-0.39, 0.29) is 29.2 Å². The Morgan fingerprint density at radius 2 is 1.53 bits per heavy atom. The molecule has 8 heteroatoms. The van der Waals surface area contributed by atoms with Crippen LogP contribution in [0.4, 0.5) is 0 Å². The molecule has 2 aliphatic heterocycles. The van der Waals surface area contributed by atoms with Crippen LogP contribution in [0.3, 0.4) is 0 Å². The second-order valence-electron chi connectivity index (χ2n) is 7.80. The number of unbranched alkanes of at least 4 members (excludes halogenated alkanes) is 2. The highest BCUT2D eigenvalue weighted by Gasteiger charge is 2.44. The first-order valence-electron chi connectivity index (χ1n) is 10.6. The summed E-state index contributed by atoms with van der Waals surface area (Å²) in [5.41, 5.74) is 0.919. The number of ether oxygens (including phenoxy) is 1. The number of benzene rings is 1. The topological polar surface area (TPSA) is 70.1 Å². The lowest BCUT2D eigenvalue weighted by molar-refractivity contribution is -0.147. The number of hydrogen-bond donors (Lipinski definition) is 1. The van der Waals surface area contributed by atoms with Gasteiger partial charge in [0.1, 0.15) is 17.1 Å². The van der Waals surface area contributed by atoms with Crippen molar-refractivity contribution in [2.75, 3.05) is 13.1 Å². The molecule has 2 heterocycles. The predicted molar refractivity (Wildman–Crippen MR) is 121 cm³/mol. The third-order valence-corrected chi connectivity index (χ3v) is 7.58. The monoisotopic (exact) mass is 450 g/mol. The highest BCUT2D eigenvalue weighted by atomic mass is 32.2. The summed E-state index contributed by atoms with van der Waals surface area (Å²) in [4.78, 5) is 27.9. The Balaban J connectivity index is 2.00. The van der Waals surface area contributed by atoms with Crippen molar-refractivity contribution in [1.29, 1.82) is 0 Å². The van der Waals surface area contributed by atoms with Gasteiger partial charge in [-0.3, -0.25) is 9.59 Å². The number of nitrogens with zero attached hydrogens (tertiary/aromatic N) is 2. The molecule has 164 valence electrons. The van der Waals surface area contributed by atoms with E-state index in [0.29, 0.717) is 33.5 Å². The third kappa shape index (κ3) is 4.30. The van der Waals surface area contributed by atoms with Crippen LogP contribution in [0.1, 0.15) is 58.9 Å². The lowest BCUT2D eigenvalue weighted by Gasteiger charge is -2.27. The molecule has 0 bridgehead atoms. The van der Waals surface area contributed by atoms with E-state index in [4.69, 9.17) is 4.74 Å². The maximum absolute atomic E-state index is 13.2. The minimum absolute atomic E-state index is 0.0239. The molecule has 30 heavy (non-hydrogen) atoms. The van der Waals surface area contributed by atoms with Gasteiger partial charge in [0.05, 0.1) is 20.1 Å². The van der Waals surface area contributed by atoms with E-state index < -0.39 is 0 Å². The first-order valence-corrected chi connectivity index (χ1v) is 12.2. The highest BCUT2D eigenvalue weighted by molar-refractivity contribution is 8.25. The Morgan fingerprint density at radius 3 is 2.03 bits per heavy atom. The molecule has 0 aliphatic carbocycles. The zero-order chi connectivity index (χ0) is 22.0. The van der Waals surface area contributed by atoms with Crippen LogP contribution in [0.15, 0.2) is 25.7 Å². The molecular weight excluding hydrogens is 420 g/mol. The molecule has 1 fully saturated rings. The average Bonchev–Trinajstić information content (AvgIpc) is 3.22. The van der Waals surface area contributed by atoms with Gasteiger partial charge in [-0.1, -0.05) is 50.2 Å². The van der Waals surface area contributed by atoms with Crippen molar-refractivity contribution in [3.8, 4) is 11.5 Å². The van der Waals surface area contributed by atoms with Gasteiger partial charge in [0.25, 0.3) is 11.8 Å². The summed E-state index contributed by atoms with van der Waals surface area (Å²) < 4.78 is 6.57. The molecule has 0 aromatic heterocycles. The second kappa shape index (κ2) is 9.56. The van der Waals surface area contributed by atoms with E-state index in [2.05, 4.69) is 13.8 Å². The number of hydrazine groups is 1. The standard InChI is InChI=1S/C22H30N2O4S2/c1-6-8-10-23-20(26)16(21(27)24(23)11-9-7-2)22-29-18-15(28-13(3)4)12-14(5)17(25)19(18)30-22/h12-13,25H,6-11H2,1-5H3. The third-order valence-electron chi connectivity index (χ3n) is 4.96. The number of phenols is 1. The minimum atomic E-state index is -0.241. The van der Waals surface area contributed by atoms with Crippen LogP contribution in [-0.4, -0.2) is 46.1 Å². The van der Waals surface area contributed by atoms with Crippen molar-refractivity contribution in [3.63, 3.8) is 0 Å². The van der Waals surface area contributed by atoms with Crippen molar-refractivity contribution in [1.82, 2.24) is 10.0 Å². The molecule has 1 aromatic carbocycles. The summed E-state index contributed by atoms with van der Waals surface area (Å²) in [6.45, 7) is 10.9. The molecule has 3 rings (SSSR count). The largest absolute Gasteiger partial charge is 0.506 e. The molecule has 6 nitrogen and oxygen atoms in total. The van der Waals surface area contributed by atoms with Gasteiger partial charge < -0.3 is 9.84 Å². The molecular formula is C22H30N2O4S2. The Hall–Kier alpha value is -1.80. The van der Waals surface area contributed by atoms with Crippen LogP contribution < -0.4 is 4.74 Å². The van der Waals surface area contributed by atoms with Gasteiger partial charge in [-0.25, -0.2) is 10.0 Å². The van der Waals surface area contributed by atoms with Crippen LogP contribution >= 0.6 is 23.5 Å². The van der Waals surface area contributed by atoms with Crippen molar-refractivity contribution >= 4 is 35.3 Å². The van der Waals surface area contributed by atoms with E-state index in [1.54, 1.807) is 10.0 Å². The van der Waals surface area contributed by atoms with Crippen LogP contribution in [0, 0.1) is 6.92 Å². The molecule has 0 spiro atoms. The van der Waals surface area contributed by atoms with Gasteiger partial charge in [0.2, 0.25) is 0 Å². The molecule has 0 saturated carbocycles. The molecule has 0 radical (unpaired) electrons. The minimum Gasteiger partial charge on any atom is -0.506 e. The number of fused-ring (bicyclic) bond motifs is 1. The maximum atomic E-state index is 13.2. The molecule has 1 saturated heterocycles. The zero-order valence-corrected chi connectivity index (χ0v) is 19.9. The number of hydrogen-bond acceptors (Lipinski definition) is 6. The summed E-state index contributed by atoms with van der Waals surface area (Å²) in [7, 11) is 0. The fourth-order valence-electron chi connectivity index (χ4n) is 3.37. The number of phenolic OH excluding ortho intramolecular Hbond substituents is 1. The summed E-state index contributed by atoms with van der Waals surface area (Å²) in [6.07, 6.45) is 3.56. The Bertz CT molecular complexity index is 854. The number of rotatable bonds is 8. The quantitative estimate of drug-likeness (QED) is 0.440. The molecule has 0 atom stereocenters.